The number of fused-ring (bicyclic) bond motifs is 4. The Labute approximate surface area is 496 Å². The van der Waals surface area contributed by atoms with Crippen LogP contribution in [0.4, 0.5) is 22.7 Å². The van der Waals surface area contributed by atoms with Crippen LogP contribution in [0.25, 0.3) is 11.1 Å². The molecule has 4 aromatic carbocycles. The van der Waals surface area contributed by atoms with Crippen LogP contribution in [0.2, 0.25) is 0 Å². The predicted octanol–water partition coefficient (Wildman–Crippen LogP) is 9.50. The third-order valence-corrected chi connectivity index (χ3v) is 16.7. The minimum Gasteiger partial charge on any atom is -0.493 e. The first-order valence-electron chi connectivity index (χ1n) is 29.4. The number of unbranched alkanes of at least 4 members (excludes halogenated alkanes) is 2. The molecule has 1 saturated heterocycles. The Kier molecular flexibility index (Phi) is 18.5. The molecule has 85 heavy (non-hydrogen) atoms. The zero-order valence-electron chi connectivity index (χ0n) is 49.2. The molecule has 1 N–H and O–H groups in total. The molecule has 19 heteroatoms. The highest BCUT2D eigenvalue weighted by Gasteiger charge is 2.36. The van der Waals surface area contributed by atoms with Gasteiger partial charge in [0.1, 0.15) is 11.6 Å². The van der Waals surface area contributed by atoms with E-state index in [4.69, 9.17) is 28.9 Å². The van der Waals surface area contributed by atoms with Crippen molar-refractivity contribution in [2.75, 3.05) is 77.4 Å². The molecule has 4 aromatic rings. The molecule has 6 aliphatic rings. The Morgan fingerprint density at radius 2 is 1.16 bits per heavy atom. The van der Waals surface area contributed by atoms with Gasteiger partial charge in [0.2, 0.25) is 5.91 Å². The summed E-state index contributed by atoms with van der Waals surface area (Å²) in [6.07, 6.45) is 13.8. The summed E-state index contributed by atoms with van der Waals surface area (Å²) in [4.78, 5) is 110. The molecule has 0 aliphatic carbocycles. The van der Waals surface area contributed by atoms with Crippen molar-refractivity contribution in [2.24, 2.45) is 27.7 Å². The number of ketones is 2. The van der Waals surface area contributed by atoms with Gasteiger partial charge in [-0.1, -0.05) is 51.5 Å². The van der Waals surface area contributed by atoms with E-state index in [0.717, 1.165) is 48.5 Å². The number of amides is 5. The number of piperazine rings is 1. The number of carbonyl (C=O) groups excluding carboxylic acids is 7. The first kappa shape index (κ1) is 59.4. The van der Waals surface area contributed by atoms with Gasteiger partial charge >= 0.3 is 0 Å². The summed E-state index contributed by atoms with van der Waals surface area (Å²) in [7, 11) is 5.21. The van der Waals surface area contributed by atoms with Crippen molar-refractivity contribution in [3.8, 4) is 23.0 Å². The Morgan fingerprint density at radius 3 is 1.68 bits per heavy atom. The van der Waals surface area contributed by atoms with Crippen molar-refractivity contribution < 1.29 is 52.5 Å². The maximum Gasteiger partial charge on any atom is 0.260 e. The van der Waals surface area contributed by atoms with Crippen LogP contribution in [0, 0.1) is 17.8 Å². The van der Waals surface area contributed by atoms with E-state index in [1.807, 2.05) is 44.6 Å². The predicted molar refractivity (Wildman–Crippen MR) is 325 cm³/mol. The molecule has 5 amide bonds. The molecule has 444 valence electrons. The van der Waals surface area contributed by atoms with Gasteiger partial charge in [-0.15, -0.1) is 0 Å². The Morgan fingerprint density at radius 1 is 0.635 bits per heavy atom. The first-order chi connectivity index (χ1) is 41.0. The van der Waals surface area contributed by atoms with Crippen molar-refractivity contribution in [1.82, 2.24) is 19.6 Å². The summed E-state index contributed by atoms with van der Waals surface area (Å²) < 4.78 is 23.8. The number of nitrogens with one attached hydrogen (secondary N) is 1. The quantitative estimate of drug-likeness (QED) is 0.0485. The fourth-order valence-corrected chi connectivity index (χ4v) is 11.6. The van der Waals surface area contributed by atoms with E-state index in [1.54, 1.807) is 66.4 Å². The molecule has 4 atom stereocenters. The summed E-state index contributed by atoms with van der Waals surface area (Å²) in [6.45, 7) is 10.4. The number of ether oxygens (including phenoxy) is 4. The topological polar surface area (TPSA) is 209 Å². The van der Waals surface area contributed by atoms with Crippen LogP contribution in [-0.4, -0.2) is 152 Å². The van der Waals surface area contributed by atoms with E-state index in [9.17, 15) is 33.6 Å². The molecule has 6 aliphatic heterocycles. The van der Waals surface area contributed by atoms with E-state index in [0.29, 0.717) is 103 Å². The summed E-state index contributed by atoms with van der Waals surface area (Å²) in [5, 5.41) is 2.93. The van der Waals surface area contributed by atoms with Gasteiger partial charge in [-0.2, -0.15) is 0 Å². The summed E-state index contributed by atoms with van der Waals surface area (Å²) in [5.74, 6) is -1.07. The number of anilines is 2. The number of benzene rings is 4. The first-order valence-corrected chi connectivity index (χ1v) is 29.4. The number of hydrogen-bond acceptors (Lipinski definition) is 15. The van der Waals surface area contributed by atoms with Crippen LogP contribution in [0.5, 0.6) is 23.0 Å². The highest BCUT2D eigenvalue weighted by atomic mass is 16.5. The molecule has 6 heterocycles. The lowest BCUT2D eigenvalue weighted by atomic mass is 9.83. The second kappa shape index (κ2) is 26.5. The lowest BCUT2D eigenvalue weighted by molar-refractivity contribution is -0.137. The second-order valence-corrected chi connectivity index (χ2v) is 23.0. The number of methoxy groups -OCH3 is 2. The number of rotatable bonds is 25. The van der Waals surface area contributed by atoms with Crippen LogP contribution in [0.15, 0.2) is 107 Å². The number of likely N-dealkylation sites (N-methyl/N-ethyl adjacent to an activating group) is 1. The average molecular weight is 1160 g/mol. The van der Waals surface area contributed by atoms with Gasteiger partial charge in [0.05, 0.1) is 62.0 Å². The van der Waals surface area contributed by atoms with Gasteiger partial charge in [-0.05, 0) is 84.5 Å². The SMILES string of the molecule is COc1cc2c(cc1OCCCOc1cc3c(cc1OC)C(=O)N1C=C(c4ccc(N5CCN(C)CC5)cc4)C[C@H]1C=N3)N=C[C@@H]1CC(c3ccc(NC(=O)[C@H](C)CC(=O)C(CC(=O)CCCCCN4C(=O)C=CC4=O)C(C)C)cc3)=CN1C2=O. The fourth-order valence-electron chi connectivity index (χ4n) is 11.6. The summed E-state index contributed by atoms with van der Waals surface area (Å²) >= 11 is 0. The standard InChI is InChI=1S/C66H74N8O11/c1-41(2)52(32-51(75)11-8-7-9-22-72-62(77)20-21-63(72)78)57(76)29-42(3)64(79)69-47-16-12-43(13-17-47)45-30-49-37-67-55-35-60(58(82-5)33-53(55)65(80)73(49)39-45)84-27-10-28-85-61-36-56-54(34-59(61)83-6)66(81)74-40-46(31-50(74)38-68-56)44-14-18-48(19-15-44)71-25-23-70(4)24-26-71/h12-21,33-42,49-50,52H,7-11,22-32H2,1-6H3,(H,69,79)/t42-,49+,50+,52?/m1/s1. The number of aliphatic imine (C=N–C) groups is 2. The molecule has 0 aromatic heterocycles. The van der Waals surface area contributed by atoms with E-state index in [2.05, 4.69) is 46.4 Å². The Balaban J connectivity index is 0.682. The fraction of sp³-hybridized carbons (Fsp3) is 0.409. The van der Waals surface area contributed by atoms with Crippen LogP contribution >= 0.6 is 0 Å². The average Bonchev–Trinajstić information content (AvgIpc) is 2.83. The van der Waals surface area contributed by atoms with E-state index in [1.165, 1.54) is 29.8 Å². The van der Waals surface area contributed by atoms with E-state index < -0.39 is 11.8 Å². The molecule has 1 unspecified atom stereocenters. The molecule has 19 nitrogen and oxygen atoms in total. The van der Waals surface area contributed by atoms with Crippen LogP contribution in [0.1, 0.15) is 110 Å². The van der Waals surface area contributed by atoms with Crippen LogP contribution in [-0.2, 0) is 24.0 Å². The molecule has 0 radical (unpaired) electrons. The largest absolute Gasteiger partial charge is 0.493 e. The summed E-state index contributed by atoms with van der Waals surface area (Å²) in [5.41, 5.74) is 7.46. The van der Waals surface area contributed by atoms with Gasteiger partial charge in [0.25, 0.3) is 23.6 Å². The van der Waals surface area contributed by atoms with Crippen molar-refractivity contribution in [3.63, 3.8) is 0 Å². The third kappa shape index (κ3) is 13.6. The Bertz CT molecular complexity index is 3380. The van der Waals surface area contributed by atoms with Crippen LogP contribution in [0.3, 0.4) is 0 Å². The van der Waals surface area contributed by atoms with Crippen molar-refractivity contribution in [2.45, 2.75) is 90.6 Å². The second-order valence-electron chi connectivity index (χ2n) is 23.0. The lowest BCUT2D eigenvalue weighted by Gasteiger charge is -2.34. The van der Waals surface area contributed by atoms with Crippen molar-refractivity contribution >= 4 is 87.4 Å². The number of imide groups is 1. The molecule has 0 spiro atoms. The van der Waals surface area contributed by atoms with Gasteiger partial charge in [-0.3, -0.25) is 48.4 Å². The number of carbonyl (C=O) groups is 7. The molecular weight excluding hydrogens is 1080 g/mol. The molecule has 1 fully saturated rings. The minimum absolute atomic E-state index is 0.00474. The van der Waals surface area contributed by atoms with Crippen molar-refractivity contribution in [1.29, 1.82) is 0 Å². The van der Waals surface area contributed by atoms with Gasteiger partial charge in [0.15, 0.2) is 23.0 Å². The smallest absolute Gasteiger partial charge is 0.260 e. The van der Waals surface area contributed by atoms with Gasteiger partial charge < -0.3 is 43.9 Å². The number of nitrogens with zero attached hydrogens (tertiary/aromatic N) is 7. The highest BCUT2D eigenvalue weighted by molar-refractivity contribution is 6.13. The maximum atomic E-state index is 14.2. The normalized spacial score (nSPS) is 18.8. The van der Waals surface area contributed by atoms with Crippen molar-refractivity contribution in [3.05, 3.63) is 120 Å². The number of Topliss-reactive ketones (excluding diaryl/α,β-unsaturated/α-hetero) is 2. The van der Waals surface area contributed by atoms with Crippen LogP contribution < -0.4 is 29.2 Å². The molecule has 0 bridgehead atoms. The van der Waals surface area contributed by atoms with Gasteiger partial charge in [-0.25, -0.2) is 0 Å². The lowest BCUT2D eigenvalue weighted by Crippen LogP contribution is -2.44. The zero-order valence-corrected chi connectivity index (χ0v) is 49.2. The highest BCUT2D eigenvalue weighted by Crippen LogP contribution is 2.42. The maximum absolute atomic E-state index is 14.2. The van der Waals surface area contributed by atoms with Gasteiger partial charge in [0, 0.05) is 144 Å². The third-order valence-electron chi connectivity index (χ3n) is 16.7. The number of hydrogen-bond donors (Lipinski definition) is 1. The molecule has 0 saturated carbocycles. The van der Waals surface area contributed by atoms with E-state index >= 15 is 0 Å². The molecular formula is C66H74N8O11. The minimum atomic E-state index is -0.635. The monoisotopic (exact) mass is 1150 g/mol. The Hall–Kier alpha value is -8.71. The molecule has 10 rings (SSSR count). The zero-order chi connectivity index (χ0) is 59.9. The summed E-state index contributed by atoms with van der Waals surface area (Å²) in [6, 6.07) is 22.2. The van der Waals surface area contributed by atoms with E-state index in [-0.39, 0.29) is 85.2 Å².